The van der Waals surface area contributed by atoms with Crippen molar-refractivity contribution < 1.29 is 13.2 Å². The number of amides is 1. The Morgan fingerprint density at radius 1 is 1.23 bits per heavy atom. The first kappa shape index (κ1) is 17.6. The van der Waals surface area contributed by atoms with Crippen LogP contribution in [0.25, 0.3) is 0 Å². The molecule has 2 aliphatic heterocycles. The largest absolute Gasteiger partial charge is 0.308 e. The number of carbonyl (C=O) groups excluding carboxylic acids is 1. The molecule has 2 N–H and O–H groups in total. The maximum atomic E-state index is 12.0. The summed E-state index contributed by atoms with van der Waals surface area (Å²) in [5.74, 6) is 1.18. The molecule has 0 bridgehead atoms. The number of aromatic nitrogens is 4. The fraction of sp³-hybridized carbons (Fsp3) is 0.562. The lowest BCUT2D eigenvalue weighted by atomic mass is 10.0. The lowest BCUT2D eigenvalue weighted by molar-refractivity contribution is -0.113. The van der Waals surface area contributed by atoms with Crippen molar-refractivity contribution in [1.82, 2.24) is 20.0 Å². The molecule has 0 spiro atoms. The molecule has 1 amide bonds. The first-order chi connectivity index (χ1) is 12.3. The first-order valence-corrected chi connectivity index (χ1v) is 11.4. The lowest BCUT2D eigenvalue weighted by Crippen LogP contribution is -2.14. The summed E-state index contributed by atoms with van der Waals surface area (Å²) < 4.78 is 25.6. The van der Waals surface area contributed by atoms with Crippen LogP contribution in [0.1, 0.15) is 45.9 Å². The molecular formula is C16H21N5O3S2. The van der Waals surface area contributed by atoms with Gasteiger partial charge in [0, 0.05) is 22.5 Å². The lowest BCUT2D eigenvalue weighted by Gasteiger charge is -2.17. The van der Waals surface area contributed by atoms with Gasteiger partial charge in [-0.05, 0) is 27.2 Å². The summed E-state index contributed by atoms with van der Waals surface area (Å²) in [7, 11) is -2.98. The van der Waals surface area contributed by atoms with E-state index in [0.717, 1.165) is 28.2 Å². The van der Waals surface area contributed by atoms with E-state index in [9.17, 15) is 13.2 Å². The van der Waals surface area contributed by atoms with E-state index in [0.29, 0.717) is 18.0 Å². The number of hydrogen-bond acceptors (Lipinski definition) is 6. The Labute approximate surface area is 156 Å². The zero-order valence-electron chi connectivity index (χ0n) is 14.9. The van der Waals surface area contributed by atoms with Crippen LogP contribution in [0.4, 0.5) is 5.82 Å². The molecule has 0 aromatic carbocycles. The number of anilines is 1. The summed E-state index contributed by atoms with van der Waals surface area (Å²) in [5, 5.41) is 14.6. The van der Waals surface area contributed by atoms with E-state index in [4.69, 9.17) is 0 Å². The van der Waals surface area contributed by atoms with Crippen molar-refractivity contribution in [2.75, 3.05) is 22.6 Å². The number of thioether (sulfide) groups is 1. The average molecular weight is 396 g/mol. The van der Waals surface area contributed by atoms with Crippen molar-refractivity contribution in [1.29, 1.82) is 0 Å². The SMILES string of the molecule is Cc1nn([C@H]2CCS(=O)(=O)C2)c(C)c1[C@@H]1SCC(=O)Nc2n[nH]c(C)c21. The van der Waals surface area contributed by atoms with E-state index in [-0.39, 0.29) is 28.7 Å². The van der Waals surface area contributed by atoms with Crippen molar-refractivity contribution in [3.05, 3.63) is 28.2 Å². The average Bonchev–Trinajstić information content (AvgIpc) is 3.15. The molecule has 10 heteroatoms. The third-order valence-electron chi connectivity index (χ3n) is 5.09. The summed E-state index contributed by atoms with van der Waals surface area (Å²) in [6.07, 6.45) is 0.595. The highest BCUT2D eigenvalue weighted by atomic mass is 32.2. The van der Waals surface area contributed by atoms with Crippen LogP contribution < -0.4 is 5.32 Å². The number of aromatic amines is 1. The Morgan fingerprint density at radius 2 is 2.00 bits per heavy atom. The molecule has 0 saturated carbocycles. The van der Waals surface area contributed by atoms with Gasteiger partial charge in [-0.25, -0.2) is 8.42 Å². The standard InChI is InChI=1S/C16H21N5O3S2/c1-8-14-15(25-6-12(22)17-16(14)19-18-8)13-9(2)20-21(10(13)3)11-4-5-26(23,24)7-11/h11,15H,4-7H2,1-3H3,(H2,17,18,19,22)/t11-,15-/m0/s1. The minimum Gasteiger partial charge on any atom is -0.308 e. The van der Waals surface area contributed by atoms with Crippen LogP contribution >= 0.6 is 11.8 Å². The predicted molar refractivity (Wildman–Crippen MR) is 100 cm³/mol. The van der Waals surface area contributed by atoms with Gasteiger partial charge in [0.1, 0.15) is 0 Å². The minimum absolute atomic E-state index is 0.0742. The van der Waals surface area contributed by atoms with Crippen LogP contribution in [0.3, 0.4) is 0 Å². The Kier molecular flexibility index (Phi) is 4.14. The molecule has 0 aliphatic carbocycles. The smallest absolute Gasteiger partial charge is 0.235 e. The third kappa shape index (κ3) is 2.84. The van der Waals surface area contributed by atoms with Crippen molar-refractivity contribution in [2.45, 2.75) is 38.5 Å². The van der Waals surface area contributed by atoms with Gasteiger partial charge in [-0.1, -0.05) is 0 Å². The Hall–Kier alpha value is -1.81. The molecule has 2 aliphatic rings. The maximum Gasteiger partial charge on any atom is 0.235 e. The van der Waals surface area contributed by atoms with Crippen molar-refractivity contribution in [3.63, 3.8) is 0 Å². The molecule has 4 heterocycles. The molecule has 26 heavy (non-hydrogen) atoms. The number of sulfone groups is 1. The van der Waals surface area contributed by atoms with Crippen LogP contribution in [0.2, 0.25) is 0 Å². The van der Waals surface area contributed by atoms with Crippen LogP contribution in [0.15, 0.2) is 0 Å². The molecule has 0 radical (unpaired) electrons. The summed E-state index contributed by atoms with van der Waals surface area (Å²) in [6.45, 7) is 5.86. The van der Waals surface area contributed by atoms with Crippen LogP contribution in [-0.2, 0) is 14.6 Å². The van der Waals surface area contributed by atoms with E-state index < -0.39 is 9.84 Å². The number of hydrogen-bond donors (Lipinski definition) is 2. The molecule has 2 aromatic heterocycles. The Bertz CT molecular complexity index is 992. The minimum atomic E-state index is -2.98. The Morgan fingerprint density at radius 3 is 2.69 bits per heavy atom. The van der Waals surface area contributed by atoms with E-state index in [1.54, 1.807) is 11.8 Å². The maximum absolute atomic E-state index is 12.0. The van der Waals surface area contributed by atoms with Gasteiger partial charge < -0.3 is 5.32 Å². The van der Waals surface area contributed by atoms with Gasteiger partial charge in [0.15, 0.2) is 15.7 Å². The molecular weight excluding hydrogens is 374 g/mol. The fourth-order valence-electron chi connectivity index (χ4n) is 3.87. The molecule has 2 aromatic rings. The number of nitrogens with zero attached hydrogens (tertiary/aromatic N) is 3. The van der Waals surface area contributed by atoms with Gasteiger partial charge in [-0.3, -0.25) is 14.6 Å². The van der Waals surface area contributed by atoms with E-state index in [1.807, 2.05) is 25.5 Å². The number of nitrogens with one attached hydrogen (secondary N) is 2. The summed E-state index contributed by atoms with van der Waals surface area (Å²) in [4.78, 5) is 12.0. The molecule has 4 rings (SSSR count). The molecule has 140 valence electrons. The highest BCUT2D eigenvalue weighted by molar-refractivity contribution is 8.00. The van der Waals surface area contributed by atoms with Gasteiger partial charge in [0.05, 0.1) is 34.2 Å². The van der Waals surface area contributed by atoms with Crippen molar-refractivity contribution in [3.8, 4) is 0 Å². The zero-order valence-corrected chi connectivity index (χ0v) is 16.5. The quantitative estimate of drug-likeness (QED) is 0.800. The number of fused-ring (bicyclic) bond motifs is 1. The second kappa shape index (κ2) is 6.12. The summed E-state index contributed by atoms with van der Waals surface area (Å²) in [5.41, 5.74) is 4.75. The van der Waals surface area contributed by atoms with Crippen molar-refractivity contribution in [2.24, 2.45) is 0 Å². The number of rotatable bonds is 2. The van der Waals surface area contributed by atoms with Gasteiger partial charge in [0.25, 0.3) is 0 Å². The highest BCUT2D eigenvalue weighted by Crippen LogP contribution is 2.45. The van der Waals surface area contributed by atoms with Gasteiger partial charge in [-0.2, -0.15) is 10.2 Å². The number of carbonyl (C=O) groups is 1. The van der Waals surface area contributed by atoms with E-state index in [1.165, 1.54) is 0 Å². The van der Waals surface area contributed by atoms with E-state index in [2.05, 4.69) is 20.6 Å². The van der Waals surface area contributed by atoms with Crippen LogP contribution in [0, 0.1) is 20.8 Å². The topological polar surface area (TPSA) is 110 Å². The fourth-order valence-corrected chi connectivity index (χ4v) is 6.92. The second-order valence-electron chi connectivity index (χ2n) is 6.94. The van der Waals surface area contributed by atoms with Crippen LogP contribution in [-0.4, -0.2) is 51.6 Å². The monoisotopic (exact) mass is 395 g/mol. The van der Waals surface area contributed by atoms with E-state index >= 15 is 0 Å². The zero-order chi connectivity index (χ0) is 18.6. The highest BCUT2D eigenvalue weighted by Gasteiger charge is 2.35. The molecule has 1 saturated heterocycles. The molecule has 8 nitrogen and oxygen atoms in total. The summed E-state index contributed by atoms with van der Waals surface area (Å²) >= 11 is 1.55. The molecule has 0 unspecified atom stereocenters. The Balaban J connectivity index is 1.79. The summed E-state index contributed by atoms with van der Waals surface area (Å²) in [6, 6.07) is -0.118. The van der Waals surface area contributed by atoms with Gasteiger partial charge in [-0.15, -0.1) is 11.8 Å². The predicted octanol–water partition coefficient (Wildman–Crippen LogP) is 1.67. The van der Waals surface area contributed by atoms with Gasteiger partial charge >= 0.3 is 0 Å². The third-order valence-corrected chi connectivity index (χ3v) is 8.08. The van der Waals surface area contributed by atoms with Gasteiger partial charge in [0.2, 0.25) is 5.91 Å². The van der Waals surface area contributed by atoms with Crippen molar-refractivity contribution >= 4 is 33.3 Å². The second-order valence-corrected chi connectivity index (χ2v) is 10.3. The number of aryl methyl sites for hydroxylation is 2. The number of H-pyrrole nitrogens is 1. The first-order valence-electron chi connectivity index (χ1n) is 8.49. The van der Waals surface area contributed by atoms with Crippen LogP contribution in [0.5, 0.6) is 0 Å². The molecule has 1 fully saturated rings. The molecule has 2 atom stereocenters. The normalized spacial score (nSPS) is 25.0.